The second kappa shape index (κ2) is 7.00. The summed E-state index contributed by atoms with van der Waals surface area (Å²) >= 11 is 0. The van der Waals surface area contributed by atoms with Crippen molar-refractivity contribution in [3.63, 3.8) is 0 Å². The molecule has 1 aliphatic rings. The number of hydrogen-bond acceptors (Lipinski definition) is 5. The van der Waals surface area contributed by atoms with E-state index in [4.69, 9.17) is 18.9 Å². The molecule has 1 atom stereocenters. The van der Waals surface area contributed by atoms with Crippen molar-refractivity contribution in [3.8, 4) is 17.2 Å². The van der Waals surface area contributed by atoms with Gasteiger partial charge in [0.05, 0.1) is 27.9 Å². The number of ether oxygens (including phenoxy) is 4. The summed E-state index contributed by atoms with van der Waals surface area (Å²) in [6.07, 6.45) is 2.22. The van der Waals surface area contributed by atoms with Crippen LogP contribution in [0, 0.1) is 0 Å². The fourth-order valence-corrected chi connectivity index (χ4v) is 2.63. The summed E-state index contributed by atoms with van der Waals surface area (Å²) in [4.78, 5) is 0. The number of methoxy groups -OCH3 is 3. The summed E-state index contributed by atoms with van der Waals surface area (Å²) in [5.41, 5.74) is 1.12. The molecule has 0 spiro atoms. The molecular formula is C16H25NO4. The molecule has 1 aromatic carbocycles. The number of hydrogen-bond donors (Lipinski definition) is 1. The molecule has 1 aliphatic heterocycles. The average Bonchev–Trinajstić information content (AvgIpc) is 2.52. The maximum absolute atomic E-state index is 5.57. The van der Waals surface area contributed by atoms with Crippen LogP contribution in [-0.2, 0) is 11.3 Å². The molecule has 1 aromatic rings. The van der Waals surface area contributed by atoms with Gasteiger partial charge in [-0.2, -0.15) is 0 Å². The minimum atomic E-state index is 0.0264. The largest absolute Gasteiger partial charge is 0.493 e. The van der Waals surface area contributed by atoms with Crippen LogP contribution in [0.5, 0.6) is 17.2 Å². The van der Waals surface area contributed by atoms with E-state index in [9.17, 15) is 0 Å². The molecule has 0 bridgehead atoms. The highest BCUT2D eigenvalue weighted by molar-refractivity contribution is 5.53. The molecule has 1 fully saturated rings. The van der Waals surface area contributed by atoms with Gasteiger partial charge in [-0.05, 0) is 37.5 Å². The van der Waals surface area contributed by atoms with Crippen molar-refractivity contribution in [3.05, 3.63) is 17.7 Å². The SMILES string of the molecule is COc1cc(CNC2(C)CCCOC2)cc(OC)c1OC. The van der Waals surface area contributed by atoms with Crippen molar-refractivity contribution in [1.82, 2.24) is 5.32 Å². The highest BCUT2D eigenvalue weighted by Gasteiger charge is 2.27. The van der Waals surface area contributed by atoms with Crippen LogP contribution < -0.4 is 19.5 Å². The molecule has 0 radical (unpaired) electrons. The highest BCUT2D eigenvalue weighted by Crippen LogP contribution is 2.38. The van der Waals surface area contributed by atoms with Gasteiger partial charge in [-0.1, -0.05) is 0 Å². The van der Waals surface area contributed by atoms with Crippen LogP contribution in [-0.4, -0.2) is 40.1 Å². The van der Waals surface area contributed by atoms with Crippen molar-refractivity contribution in [2.24, 2.45) is 0 Å². The summed E-state index contributed by atoms with van der Waals surface area (Å²) in [6.45, 7) is 4.54. The molecule has 2 rings (SSSR count). The Hall–Kier alpha value is -1.46. The van der Waals surface area contributed by atoms with Crippen molar-refractivity contribution in [2.75, 3.05) is 34.5 Å². The molecule has 0 aromatic heterocycles. The predicted molar refractivity (Wildman–Crippen MR) is 81.4 cm³/mol. The number of benzene rings is 1. The lowest BCUT2D eigenvalue weighted by Gasteiger charge is -2.34. The first-order valence-electron chi connectivity index (χ1n) is 7.23. The second-order valence-electron chi connectivity index (χ2n) is 5.60. The Labute approximate surface area is 126 Å². The first kappa shape index (κ1) is 15.9. The zero-order chi connectivity index (χ0) is 15.3. The molecule has 118 valence electrons. The van der Waals surface area contributed by atoms with E-state index in [0.29, 0.717) is 17.2 Å². The summed E-state index contributed by atoms with van der Waals surface area (Å²) in [5, 5.41) is 3.58. The van der Waals surface area contributed by atoms with Crippen LogP contribution >= 0.6 is 0 Å². The monoisotopic (exact) mass is 295 g/mol. The van der Waals surface area contributed by atoms with Crippen molar-refractivity contribution in [2.45, 2.75) is 31.8 Å². The maximum Gasteiger partial charge on any atom is 0.203 e. The smallest absolute Gasteiger partial charge is 0.203 e. The molecule has 5 nitrogen and oxygen atoms in total. The van der Waals surface area contributed by atoms with E-state index < -0.39 is 0 Å². The van der Waals surface area contributed by atoms with E-state index in [1.807, 2.05) is 12.1 Å². The molecule has 1 unspecified atom stereocenters. The first-order valence-corrected chi connectivity index (χ1v) is 7.23. The molecule has 1 heterocycles. The minimum Gasteiger partial charge on any atom is -0.493 e. The zero-order valence-electron chi connectivity index (χ0n) is 13.3. The number of rotatable bonds is 6. The van der Waals surface area contributed by atoms with Crippen molar-refractivity contribution in [1.29, 1.82) is 0 Å². The fourth-order valence-electron chi connectivity index (χ4n) is 2.63. The van der Waals surface area contributed by atoms with Gasteiger partial charge in [0, 0.05) is 18.7 Å². The van der Waals surface area contributed by atoms with Gasteiger partial charge in [-0.15, -0.1) is 0 Å². The molecule has 5 heteroatoms. The molecule has 0 aliphatic carbocycles. The summed E-state index contributed by atoms with van der Waals surface area (Å²) in [7, 11) is 4.87. The van der Waals surface area contributed by atoms with Gasteiger partial charge in [-0.3, -0.25) is 0 Å². The highest BCUT2D eigenvalue weighted by atomic mass is 16.5. The Morgan fingerprint density at radius 3 is 2.29 bits per heavy atom. The Kier molecular flexibility index (Phi) is 5.31. The maximum atomic E-state index is 5.57. The Morgan fingerprint density at radius 2 is 1.81 bits per heavy atom. The van der Waals surface area contributed by atoms with E-state index in [0.717, 1.165) is 38.2 Å². The molecular weight excluding hydrogens is 270 g/mol. The predicted octanol–water partition coefficient (Wildman–Crippen LogP) is 2.37. The van der Waals surface area contributed by atoms with E-state index in [1.54, 1.807) is 21.3 Å². The molecule has 0 amide bonds. The average molecular weight is 295 g/mol. The van der Waals surface area contributed by atoms with Crippen LogP contribution in [0.1, 0.15) is 25.3 Å². The lowest BCUT2D eigenvalue weighted by atomic mass is 9.94. The lowest BCUT2D eigenvalue weighted by molar-refractivity contribution is 0.0277. The summed E-state index contributed by atoms with van der Waals surface area (Å²) < 4.78 is 21.7. The standard InChI is InChI=1S/C16H25NO4/c1-16(6-5-7-21-11-16)17-10-12-8-13(18-2)15(20-4)14(9-12)19-3/h8-9,17H,5-7,10-11H2,1-4H3. The topological polar surface area (TPSA) is 49.0 Å². The van der Waals surface area contributed by atoms with E-state index in [1.165, 1.54) is 0 Å². The van der Waals surface area contributed by atoms with Gasteiger partial charge in [0.1, 0.15) is 0 Å². The van der Waals surface area contributed by atoms with E-state index in [-0.39, 0.29) is 5.54 Å². The molecule has 1 saturated heterocycles. The third-order valence-corrected chi connectivity index (χ3v) is 3.88. The third-order valence-electron chi connectivity index (χ3n) is 3.88. The van der Waals surface area contributed by atoms with Gasteiger partial charge in [0.2, 0.25) is 5.75 Å². The van der Waals surface area contributed by atoms with Gasteiger partial charge >= 0.3 is 0 Å². The van der Waals surface area contributed by atoms with Gasteiger partial charge in [0.25, 0.3) is 0 Å². The van der Waals surface area contributed by atoms with Crippen LogP contribution in [0.2, 0.25) is 0 Å². The van der Waals surface area contributed by atoms with Crippen molar-refractivity contribution < 1.29 is 18.9 Å². The lowest BCUT2D eigenvalue weighted by Crippen LogP contribution is -2.48. The summed E-state index contributed by atoms with van der Waals surface area (Å²) in [5.74, 6) is 1.98. The fraction of sp³-hybridized carbons (Fsp3) is 0.625. The first-order chi connectivity index (χ1) is 10.1. The van der Waals surface area contributed by atoms with Crippen LogP contribution in [0.15, 0.2) is 12.1 Å². The molecule has 21 heavy (non-hydrogen) atoms. The van der Waals surface area contributed by atoms with Crippen LogP contribution in [0.4, 0.5) is 0 Å². The Balaban J connectivity index is 2.12. The molecule has 1 N–H and O–H groups in total. The third kappa shape index (κ3) is 3.80. The van der Waals surface area contributed by atoms with Gasteiger partial charge in [0.15, 0.2) is 11.5 Å². The minimum absolute atomic E-state index is 0.0264. The number of nitrogens with one attached hydrogen (secondary N) is 1. The Morgan fingerprint density at radius 1 is 1.14 bits per heavy atom. The second-order valence-corrected chi connectivity index (χ2v) is 5.60. The van der Waals surface area contributed by atoms with Gasteiger partial charge < -0.3 is 24.3 Å². The quantitative estimate of drug-likeness (QED) is 0.873. The van der Waals surface area contributed by atoms with E-state index >= 15 is 0 Å². The van der Waals surface area contributed by atoms with Crippen LogP contribution in [0.25, 0.3) is 0 Å². The molecule has 0 saturated carbocycles. The Bertz CT molecular complexity index is 444. The van der Waals surface area contributed by atoms with E-state index in [2.05, 4.69) is 12.2 Å². The van der Waals surface area contributed by atoms with Gasteiger partial charge in [-0.25, -0.2) is 0 Å². The normalized spacial score (nSPS) is 21.9. The van der Waals surface area contributed by atoms with Crippen LogP contribution in [0.3, 0.4) is 0 Å². The summed E-state index contributed by atoms with van der Waals surface area (Å²) in [6, 6.07) is 3.95. The van der Waals surface area contributed by atoms with Crippen molar-refractivity contribution >= 4 is 0 Å². The zero-order valence-corrected chi connectivity index (χ0v) is 13.3.